The number of hydrogen-bond donors (Lipinski definition) is 2. The normalized spacial score (nSPS) is 11.0. The Morgan fingerprint density at radius 2 is 2.08 bits per heavy atom. The van der Waals surface area contributed by atoms with Crippen LogP contribution in [0.3, 0.4) is 0 Å². The van der Waals surface area contributed by atoms with E-state index < -0.39 is 5.91 Å². The molecule has 1 amide bonds. The minimum absolute atomic E-state index is 0.260. The lowest BCUT2D eigenvalue weighted by molar-refractivity contribution is 0.100. The van der Waals surface area contributed by atoms with Crippen molar-refractivity contribution in [3.8, 4) is 11.3 Å². The van der Waals surface area contributed by atoms with Crippen molar-refractivity contribution in [2.45, 2.75) is 13.3 Å². The number of carbonyl (C=O) groups is 1. The molecule has 0 fully saturated rings. The van der Waals surface area contributed by atoms with Crippen LogP contribution in [0.1, 0.15) is 22.3 Å². The molecule has 4 aromatic rings. The van der Waals surface area contributed by atoms with E-state index in [-0.39, 0.29) is 11.3 Å². The average Bonchev–Trinajstić information content (AvgIpc) is 3.32. The first-order valence-electron chi connectivity index (χ1n) is 8.08. The van der Waals surface area contributed by atoms with Crippen molar-refractivity contribution in [1.82, 2.24) is 19.9 Å². The van der Waals surface area contributed by atoms with Crippen LogP contribution in [0, 0.1) is 0 Å². The van der Waals surface area contributed by atoms with Gasteiger partial charge in [-0.3, -0.25) is 20.1 Å². The number of rotatable bonds is 4. The molecule has 26 heavy (non-hydrogen) atoms. The summed E-state index contributed by atoms with van der Waals surface area (Å²) in [5.41, 5.74) is 4.05. The molecule has 3 heterocycles. The summed E-state index contributed by atoms with van der Waals surface area (Å²) in [6.07, 6.45) is 2.16. The number of hydrogen-bond acceptors (Lipinski definition) is 5. The van der Waals surface area contributed by atoms with Crippen molar-refractivity contribution in [2.75, 3.05) is 5.43 Å². The monoisotopic (exact) mass is 365 g/mol. The predicted molar refractivity (Wildman–Crippen MR) is 101 cm³/mol. The Hall–Kier alpha value is -3.26. The van der Waals surface area contributed by atoms with Crippen LogP contribution in [-0.4, -0.2) is 25.8 Å². The summed E-state index contributed by atoms with van der Waals surface area (Å²) >= 11 is 1.48. The second-order valence-corrected chi connectivity index (χ2v) is 6.79. The van der Waals surface area contributed by atoms with E-state index in [9.17, 15) is 9.59 Å². The fraction of sp³-hybridized carbons (Fsp3) is 0.111. The number of thiophene rings is 1. The van der Waals surface area contributed by atoms with E-state index in [1.54, 1.807) is 6.07 Å². The summed E-state index contributed by atoms with van der Waals surface area (Å²) < 4.78 is 1.10. The van der Waals surface area contributed by atoms with E-state index in [1.165, 1.54) is 17.7 Å². The SMILES string of the molecule is CCc1cc2c(=O)n(NC(=O)c3cc(-c4ccccc4)n[nH]3)cnc2s1. The Kier molecular flexibility index (Phi) is 4.10. The molecule has 4 rings (SSSR count). The number of benzene rings is 1. The summed E-state index contributed by atoms with van der Waals surface area (Å²) in [7, 11) is 0. The zero-order chi connectivity index (χ0) is 18.1. The molecule has 0 atom stereocenters. The lowest BCUT2D eigenvalue weighted by Crippen LogP contribution is -2.33. The third-order valence-corrected chi connectivity index (χ3v) is 5.15. The Bertz CT molecular complexity index is 1140. The number of nitrogens with zero attached hydrogens (tertiary/aromatic N) is 3. The molecule has 0 bridgehead atoms. The Morgan fingerprint density at radius 1 is 1.27 bits per heavy atom. The molecular formula is C18H15N5O2S. The summed E-state index contributed by atoms with van der Waals surface area (Å²) in [5, 5.41) is 7.35. The number of aromatic amines is 1. The second-order valence-electron chi connectivity index (χ2n) is 5.68. The number of H-pyrrole nitrogens is 1. The molecule has 8 heteroatoms. The van der Waals surface area contributed by atoms with Crippen LogP contribution in [0.4, 0.5) is 0 Å². The molecule has 0 saturated heterocycles. The van der Waals surface area contributed by atoms with Gasteiger partial charge < -0.3 is 0 Å². The standard InChI is InChI=1S/C18H15N5O2S/c1-2-12-8-13-17(26-12)19-10-23(18(13)25)22-16(24)15-9-14(20-21-15)11-6-4-3-5-7-11/h3-10H,2H2,1H3,(H,20,21)(H,22,24). The maximum Gasteiger partial charge on any atom is 0.288 e. The van der Waals surface area contributed by atoms with E-state index in [2.05, 4.69) is 20.6 Å². The van der Waals surface area contributed by atoms with Crippen molar-refractivity contribution in [3.63, 3.8) is 0 Å². The van der Waals surface area contributed by atoms with Crippen molar-refractivity contribution in [3.05, 3.63) is 69.7 Å². The maximum atomic E-state index is 12.5. The van der Waals surface area contributed by atoms with Gasteiger partial charge in [0.05, 0.1) is 11.1 Å². The molecule has 2 N–H and O–H groups in total. The minimum atomic E-state index is -0.464. The first-order valence-corrected chi connectivity index (χ1v) is 8.89. The maximum absolute atomic E-state index is 12.5. The van der Waals surface area contributed by atoms with E-state index in [1.807, 2.05) is 43.3 Å². The van der Waals surface area contributed by atoms with Gasteiger partial charge >= 0.3 is 0 Å². The molecule has 130 valence electrons. The van der Waals surface area contributed by atoms with Crippen molar-refractivity contribution >= 4 is 27.5 Å². The van der Waals surface area contributed by atoms with Gasteiger partial charge in [0.15, 0.2) is 0 Å². The number of nitrogens with one attached hydrogen (secondary N) is 2. The number of carbonyl (C=O) groups excluding carboxylic acids is 1. The van der Waals surface area contributed by atoms with Gasteiger partial charge in [0, 0.05) is 10.4 Å². The zero-order valence-corrected chi connectivity index (χ0v) is 14.7. The van der Waals surface area contributed by atoms with Crippen LogP contribution < -0.4 is 11.0 Å². The van der Waals surface area contributed by atoms with Crippen LogP contribution in [0.5, 0.6) is 0 Å². The molecule has 7 nitrogen and oxygen atoms in total. The van der Waals surface area contributed by atoms with Gasteiger partial charge in [0.2, 0.25) is 0 Å². The number of aromatic nitrogens is 4. The van der Waals surface area contributed by atoms with E-state index in [0.29, 0.717) is 15.9 Å². The van der Waals surface area contributed by atoms with Gasteiger partial charge in [-0.05, 0) is 18.6 Å². The largest absolute Gasteiger partial charge is 0.288 e. The number of aryl methyl sites for hydroxylation is 1. The first kappa shape index (κ1) is 16.2. The molecule has 0 radical (unpaired) electrons. The summed E-state index contributed by atoms with van der Waals surface area (Å²) in [6, 6.07) is 13.0. The van der Waals surface area contributed by atoms with Crippen molar-refractivity contribution in [2.24, 2.45) is 0 Å². The lowest BCUT2D eigenvalue weighted by Gasteiger charge is -2.05. The predicted octanol–water partition coefficient (Wildman–Crippen LogP) is 2.79. The lowest BCUT2D eigenvalue weighted by atomic mass is 10.1. The fourth-order valence-electron chi connectivity index (χ4n) is 2.59. The topological polar surface area (TPSA) is 92.7 Å². The van der Waals surface area contributed by atoms with Gasteiger partial charge in [-0.25, -0.2) is 9.66 Å². The number of fused-ring (bicyclic) bond motifs is 1. The van der Waals surface area contributed by atoms with Crippen molar-refractivity contribution < 1.29 is 4.79 Å². The summed E-state index contributed by atoms with van der Waals surface area (Å²) in [5.74, 6) is -0.464. The van der Waals surface area contributed by atoms with Crippen LogP contribution >= 0.6 is 11.3 Å². The van der Waals surface area contributed by atoms with Crippen LogP contribution in [-0.2, 0) is 6.42 Å². The van der Waals surface area contributed by atoms with E-state index in [0.717, 1.165) is 21.5 Å². The van der Waals surface area contributed by atoms with Crippen LogP contribution in [0.25, 0.3) is 21.5 Å². The summed E-state index contributed by atoms with van der Waals surface area (Å²) in [4.78, 5) is 31.0. The van der Waals surface area contributed by atoms with Gasteiger partial charge in [-0.2, -0.15) is 5.10 Å². The van der Waals surface area contributed by atoms with Gasteiger partial charge in [0.1, 0.15) is 16.9 Å². The molecule has 0 aliphatic rings. The molecule has 0 aliphatic carbocycles. The highest BCUT2D eigenvalue weighted by Gasteiger charge is 2.14. The highest BCUT2D eigenvalue weighted by atomic mass is 32.1. The fourth-order valence-corrected chi connectivity index (χ4v) is 3.52. The molecule has 1 aromatic carbocycles. The number of amides is 1. The third kappa shape index (κ3) is 2.91. The molecule has 0 unspecified atom stereocenters. The third-order valence-electron chi connectivity index (χ3n) is 3.97. The highest BCUT2D eigenvalue weighted by molar-refractivity contribution is 7.18. The van der Waals surface area contributed by atoms with Gasteiger partial charge in [-0.1, -0.05) is 37.3 Å². The minimum Gasteiger partial charge on any atom is -0.272 e. The molecule has 3 aromatic heterocycles. The quantitative estimate of drug-likeness (QED) is 0.582. The van der Waals surface area contributed by atoms with Crippen molar-refractivity contribution in [1.29, 1.82) is 0 Å². The molecule has 0 saturated carbocycles. The highest BCUT2D eigenvalue weighted by Crippen LogP contribution is 2.21. The van der Waals surface area contributed by atoms with E-state index >= 15 is 0 Å². The van der Waals surface area contributed by atoms with Crippen LogP contribution in [0.2, 0.25) is 0 Å². The van der Waals surface area contributed by atoms with Gasteiger partial charge in [0.25, 0.3) is 11.5 Å². The molecular weight excluding hydrogens is 350 g/mol. The van der Waals surface area contributed by atoms with E-state index in [4.69, 9.17) is 0 Å². The smallest absolute Gasteiger partial charge is 0.272 e. The average molecular weight is 365 g/mol. The molecule has 0 aliphatic heterocycles. The van der Waals surface area contributed by atoms with Crippen LogP contribution in [0.15, 0.2) is 53.6 Å². The summed E-state index contributed by atoms with van der Waals surface area (Å²) in [6.45, 7) is 2.02. The first-order chi connectivity index (χ1) is 12.7. The molecule has 0 spiro atoms. The Morgan fingerprint density at radius 3 is 2.85 bits per heavy atom. The zero-order valence-electron chi connectivity index (χ0n) is 13.9. The van der Waals surface area contributed by atoms with Gasteiger partial charge in [-0.15, -0.1) is 11.3 Å². The Labute approximate surface area is 152 Å². The second kappa shape index (κ2) is 6.57. The Balaban J connectivity index is 1.61.